The molecule has 0 unspecified atom stereocenters. The molecule has 3 aromatic rings. The van der Waals surface area contributed by atoms with Crippen LogP contribution in [0.2, 0.25) is 0 Å². The van der Waals surface area contributed by atoms with Gasteiger partial charge in [-0.3, -0.25) is 14.5 Å². The second-order valence-corrected chi connectivity index (χ2v) is 6.96. The van der Waals surface area contributed by atoms with Gasteiger partial charge in [-0.25, -0.2) is 0 Å². The minimum atomic E-state index is -0.398. The van der Waals surface area contributed by atoms with Crippen molar-refractivity contribution in [2.75, 3.05) is 19.6 Å². The van der Waals surface area contributed by atoms with Crippen molar-refractivity contribution in [1.82, 2.24) is 10.2 Å². The van der Waals surface area contributed by atoms with Crippen molar-refractivity contribution >= 4 is 16.9 Å². The molecule has 1 N–H and O–H groups in total. The van der Waals surface area contributed by atoms with Gasteiger partial charge in [-0.05, 0) is 57.1 Å². The summed E-state index contributed by atoms with van der Waals surface area (Å²) in [6.07, 6.45) is 3.93. The first kappa shape index (κ1) is 17.5. The molecule has 1 atom stereocenters. The molecule has 0 bridgehead atoms. The predicted octanol–water partition coefficient (Wildman–Crippen LogP) is 3.26. The molecule has 1 aliphatic rings. The largest absolute Gasteiger partial charge is 0.468 e. The first-order valence-corrected chi connectivity index (χ1v) is 9.22. The van der Waals surface area contributed by atoms with Crippen LogP contribution in [0.25, 0.3) is 11.0 Å². The number of carbonyl (C=O) groups excluding carboxylic acids is 1. The third-order valence-electron chi connectivity index (χ3n) is 5.02. The van der Waals surface area contributed by atoms with E-state index in [1.54, 1.807) is 18.4 Å². The molecule has 3 heterocycles. The molecule has 0 spiro atoms. The van der Waals surface area contributed by atoms with Gasteiger partial charge < -0.3 is 14.2 Å². The van der Waals surface area contributed by atoms with Crippen molar-refractivity contribution in [1.29, 1.82) is 0 Å². The SMILES string of the molecule is Cc1ccc2oc(C(=O)NC[C@@H](c3ccco3)N3CCCC3)cc(=O)c2c1. The third-order valence-corrected chi connectivity index (χ3v) is 5.02. The minimum Gasteiger partial charge on any atom is -0.468 e. The molecule has 4 rings (SSSR count). The van der Waals surface area contributed by atoms with Crippen molar-refractivity contribution in [2.45, 2.75) is 25.8 Å². The molecule has 0 aliphatic carbocycles. The average Bonchev–Trinajstić information content (AvgIpc) is 3.36. The fourth-order valence-corrected chi connectivity index (χ4v) is 3.60. The molecule has 2 aromatic heterocycles. The van der Waals surface area contributed by atoms with Crippen LogP contribution >= 0.6 is 0 Å². The highest BCUT2D eigenvalue weighted by atomic mass is 16.3. The van der Waals surface area contributed by atoms with Crippen LogP contribution in [-0.2, 0) is 0 Å². The Kier molecular flexibility index (Phi) is 4.81. The van der Waals surface area contributed by atoms with Gasteiger partial charge in [0.25, 0.3) is 5.91 Å². The summed E-state index contributed by atoms with van der Waals surface area (Å²) in [5.41, 5.74) is 1.17. The average molecular weight is 366 g/mol. The van der Waals surface area contributed by atoms with E-state index in [1.807, 2.05) is 25.1 Å². The second kappa shape index (κ2) is 7.40. The fourth-order valence-electron chi connectivity index (χ4n) is 3.60. The number of nitrogens with one attached hydrogen (secondary N) is 1. The van der Waals surface area contributed by atoms with Gasteiger partial charge in [0.2, 0.25) is 0 Å². The Hall–Kier alpha value is -2.86. The Morgan fingerprint density at radius 3 is 2.78 bits per heavy atom. The van der Waals surface area contributed by atoms with Crippen LogP contribution < -0.4 is 10.7 Å². The van der Waals surface area contributed by atoms with Crippen LogP contribution in [-0.4, -0.2) is 30.4 Å². The molecule has 6 heteroatoms. The van der Waals surface area contributed by atoms with E-state index in [-0.39, 0.29) is 17.2 Å². The van der Waals surface area contributed by atoms with Crippen molar-refractivity contribution in [2.24, 2.45) is 0 Å². The summed E-state index contributed by atoms with van der Waals surface area (Å²) >= 11 is 0. The van der Waals surface area contributed by atoms with Crippen LogP contribution in [0, 0.1) is 6.92 Å². The smallest absolute Gasteiger partial charge is 0.287 e. The summed E-state index contributed by atoms with van der Waals surface area (Å²) in [4.78, 5) is 27.2. The van der Waals surface area contributed by atoms with Crippen molar-refractivity contribution in [3.63, 3.8) is 0 Å². The fraction of sp³-hybridized carbons (Fsp3) is 0.333. The summed E-state index contributed by atoms with van der Waals surface area (Å²) in [7, 11) is 0. The van der Waals surface area contributed by atoms with E-state index in [2.05, 4.69) is 10.2 Å². The zero-order valence-corrected chi connectivity index (χ0v) is 15.2. The number of nitrogens with zero attached hydrogens (tertiary/aromatic N) is 1. The number of rotatable bonds is 5. The highest BCUT2D eigenvalue weighted by Crippen LogP contribution is 2.25. The Morgan fingerprint density at radius 1 is 1.22 bits per heavy atom. The number of hydrogen-bond acceptors (Lipinski definition) is 5. The summed E-state index contributed by atoms with van der Waals surface area (Å²) in [6, 6.07) is 10.4. The van der Waals surface area contributed by atoms with Crippen molar-refractivity contribution in [3.05, 3.63) is 70.0 Å². The lowest BCUT2D eigenvalue weighted by Gasteiger charge is -2.25. The normalized spacial score (nSPS) is 15.9. The molecule has 0 radical (unpaired) electrons. The zero-order chi connectivity index (χ0) is 18.8. The number of likely N-dealkylation sites (tertiary alicyclic amines) is 1. The molecule has 27 heavy (non-hydrogen) atoms. The van der Waals surface area contributed by atoms with E-state index >= 15 is 0 Å². The molecule has 0 saturated carbocycles. The highest BCUT2D eigenvalue weighted by Gasteiger charge is 2.26. The van der Waals surface area contributed by atoms with Gasteiger partial charge >= 0.3 is 0 Å². The van der Waals surface area contributed by atoms with Gasteiger partial charge in [-0.1, -0.05) is 11.6 Å². The minimum absolute atomic E-state index is 0.0240. The zero-order valence-electron chi connectivity index (χ0n) is 15.2. The van der Waals surface area contributed by atoms with Crippen LogP contribution in [0.3, 0.4) is 0 Å². The molecule has 1 saturated heterocycles. The van der Waals surface area contributed by atoms with Crippen LogP contribution in [0.15, 0.2) is 56.3 Å². The lowest BCUT2D eigenvalue weighted by molar-refractivity contribution is 0.0906. The van der Waals surface area contributed by atoms with Gasteiger partial charge in [0, 0.05) is 12.6 Å². The van der Waals surface area contributed by atoms with E-state index in [9.17, 15) is 9.59 Å². The summed E-state index contributed by atoms with van der Waals surface area (Å²) in [6.45, 7) is 4.26. The number of benzene rings is 1. The summed E-state index contributed by atoms with van der Waals surface area (Å²) in [5, 5.41) is 3.38. The number of furan rings is 1. The predicted molar refractivity (Wildman–Crippen MR) is 102 cm³/mol. The number of amides is 1. The lowest BCUT2D eigenvalue weighted by atomic mass is 10.1. The molecule has 1 fully saturated rings. The first-order chi connectivity index (χ1) is 13.1. The third kappa shape index (κ3) is 3.66. The van der Waals surface area contributed by atoms with Crippen LogP contribution in [0.5, 0.6) is 0 Å². The van der Waals surface area contributed by atoms with Crippen molar-refractivity contribution in [3.8, 4) is 0 Å². The Labute approximate surface area is 156 Å². The number of carbonyl (C=O) groups is 1. The quantitative estimate of drug-likeness (QED) is 0.750. The van der Waals surface area contributed by atoms with E-state index in [1.165, 1.54) is 6.07 Å². The number of fused-ring (bicyclic) bond motifs is 1. The summed E-state index contributed by atoms with van der Waals surface area (Å²) in [5.74, 6) is 0.453. The monoisotopic (exact) mass is 366 g/mol. The molecule has 1 aliphatic heterocycles. The molecule has 1 aromatic carbocycles. The van der Waals surface area contributed by atoms with Crippen LogP contribution in [0.1, 0.15) is 40.8 Å². The molecule has 6 nitrogen and oxygen atoms in total. The molecular formula is C21H22N2O4. The Morgan fingerprint density at radius 2 is 2.04 bits per heavy atom. The van der Waals surface area contributed by atoms with E-state index in [0.717, 1.165) is 37.3 Å². The van der Waals surface area contributed by atoms with E-state index in [4.69, 9.17) is 8.83 Å². The maximum absolute atomic E-state index is 12.6. The molecular weight excluding hydrogens is 344 g/mol. The van der Waals surface area contributed by atoms with E-state index in [0.29, 0.717) is 17.5 Å². The van der Waals surface area contributed by atoms with Gasteiger partial charge in [0.05, 0.1) is 17.7 Å². The maximum atomic E-state index is 12.6. The first-order valence-electron chi connectivity index (χ1n) is 9.22. The van der Waals surface area contributed by atoms with Crippen molar-refractivity contribution < 1.29 is 13.6 Å². The Bertz CT molecular complexity index is 1000. The number of aryl methyl sites for hydroxylation is 1. The highest BCUT2D eigenvalue weighted by molar-refractivity contribution is 5.93. The van der Waals surface area contributed by atoms with Gasteiger partial charge in [0.15, 0.2) is 11.2 Å². The maximum Gasteiger partial charge on any atom is 0.287 e. The topological polar surface area (TPSA) is 75.7 Å². The van der Waals surface area contributed by atoms with Gasteiger partial charge in [-0.2, -0.15) is 0 Å². The van der Waals surface area contributed by atoms with Crippen LogP contribution in [0.4, 0.5) is 0 Å². The van der Waals surface area contributed by atoms with E-state index < -0.39 is 5.91 Å². The summed E-state index contributed by atoms with van der Waals surface area (Å²) < 4.78 is 11.2. The second-order valence-electron chi connectivity index (χ2n) is 6.96. The Balaban J connectivity index is 1.53. The van der Waals surface area contributed by atoms with Gasteiger partial charge in [-0.15, -0.1) is 0 Å². The lowest BCUT2D eigenvalue weighted by Crippen LogP contribution is -2.36. The molecule has 140 valence electrons. The molecule has 1 amide bonds. The number of hydrogen-bond donors (Lipinski definition) is 1. The van der Waals surface area contributed by atoms with Gasteiger partial charge in [0.1, 0.15) is 11.3 Å². The standard InChI is InChI=1S/C21H22N2O4/c1-14-6-7-18-15(11-14)17(24)12-20(27-18)21(25)22-13-16(19-5-4-10-26-19)23-8-2-3-9-23/h4-7,10-12,16H,2-3,8-9,13H2,1H3,(H,22,25)/t16-/m0/s1.